The van der Waals surface area contributed by atoms with Crippen LogP contribution >= 0.6 is 12.4 Å². The second-order valence-electron chi connectivity index (χ2n) is 4.47. The highest BCUT2D eigenvalue weighted by Gasteiger charge is 2.33. The van der Waals surface area contributed by atoms with E-state index in [4.69, 9.17) is 0 Å². The molecule has 1 aliphatic heterocycles. The third-order valence-corrected chi connectivity index (χ3v) is 3.34. The third kappa shape index (κ3) is 3.28. The molecule has 120 valence electrons. The van der Waals surface area contributed by atoms with Crippen molar-refractivity contribution in [1.29, 1.82) is 0 Å². The molecule has 0 aromatic heterocycles. The van der Waals surface area contributed by atoms with Gasteiger partial charge in [0.1, 0.15) is 0 Å². The largest absolute Gasteiger partial charge is 0.394 e. The number of hydrogen-bond acceptors (Lipinski definition) is 3. The van der Waals surface area contributed by atoms with Crippen LogP contribution in [0.4, 0.5) is 22.0 Å². The molecule has 1 atom stereocenters. The minimum absolute atomic E-state index is 0. The van der Waals surface area contributed by atoms with Gasteiger partial charge in [-0.1, -0.05) is 0 Å². The van der Waals surface area contributed by atoms with E-state index in [9.17, 15) is 27.1 Å². The number of benzene rings is 1. The van der Waals surface area contributed by atoms with Crippen LogP contribution in [0.5, 0.6) is 0 Å². The van der Waals surface area contributed by atoms with Gasteiger partial charge in [-0.2, -0.15) is 0 Å². The molecule has 1 heterocycles. The van der Waals surface area contributed by atoms with E-state index in [1.807, 2.05) is 0 Å². The minimum atomic E-state index is -2.19. The number of halogens is 6. The van der Waals surface area contributed by atoms with E-state index in [1.165, 1.54) is 4.90 Å². The standard InChI is InChI=1S/C12H13F5N2O.ClH/c13-8-7(9(14)11(16)12(17)10(8)15)6(5-20)19-3-1-18-2-4-19;/h6,18,20H,1-5H2;1H/t6-;/m1./s1. The van der Waals surface area contributed by atoms with Gasteiger partial charge in [0.15, 0.2) is 23.3 Å². The van der Waals surface area contributed by atoms with Crippen molar-refractivity contribution in [2.75, 3.05) is 32.8 Å². The lowest BCUT2D eigenvalue weighted by molar-refractivity contribution is 0.104. The van der Waals surface area contributed by atoms with Gasteiger partial charge in [-0.3, -0.25) is 4.90 Å². The Morgan fingerprint density at radius 3 is 1.76 bits per heavy atom. The van der Waals surface area contributed by atoms with Crippen molar-refractivity contribution in [3.8, 4) is 0 Å². The number of aliphatic hydroxyl groups excluding tert-OH is 1. The molecule has 21 heavy (non-hydrogen) atoms. The molecule has 1 saturated heterocycles. The Bertz CT molecular complexity index is 482. The molecule has 0 unspecified atom stereocenters. The van der Waals surface area contributed by atoms with Crippen LogP contribution in [0, 0.1) is 29.1 Å². The molecule has 1 aromatic carbocycles. The van der Waals surface area contributed by atoms with Crippen molar-refractivity contribution >= 4 is 12.4 Å². The predicted molar refractivity (Wildman–Crippen MR) is 67.7 cm³/mol. The van der Waals surface area contributed by atoms with Crippen molar-refractivity contribution in [2.24, 2.45) is 0 Å². The highest BCUT2D eigenvalue weighted by Crippen LogP contribution is 2.30. The lowest BCUT2D eigenvalue weighted by Gasteiger charge is -2.34. The van der Waals surface area contributed by atoms with Gasteiger partial charge in [-0.15, -0.1) is 12.4 Å². The van der Waals surface area contributed by atoms with E-state index < -0.39 is 47.3 Å². The number of hydrogen-bond donors (Lipinski definition) is 2. The summed E-state index contributed by atoms with van der Waals surface area (Å²) in [6.07, 6.45) is 0. The fourth-order valence-corrected chi connectivity index (χ4v) is 2.30. The summed E-state index contributed by atoms with van der Waals surface area (Å²) < 4.78 is 66.8. The van der Waals surface area contributed by atoms with Crippen LogP contribution in [0.2, 0.25) is 0 Å². The maximum atomic E-state index is 13.7. The second-order valence-corrected chi connectivity index (χ2v) is 4.47. The Hall–Kier alpha value is -0.960. The first-order chi connectivity index (χ1) is 9.49. The first kappa shape index (κ1) is 18.1. The van der Waals surface area contributed by atoms with E-state index in [-0.39, 0.29) is 12.4 Å². The summed E-state index contributed by atoms with van der Waals surface area (Å²) in [4.78, 5) is 1.48. The highest BCUT2D eigenvalue weighted by molar-refractivity contribution is 5.85. The average Bonchev–Trinajstić information content (AvgIpc) is 2.48. The van der Waals surface area contributed by atoms with Crippen molar-refractivity contribution in [2.45, 2.75) is 6.04 Å². The minimum Gasteiger partial charge on any atom is -0.394 e. The molecule has 3 nitrogen and oxygen atoms in total. The molecular weight excluding hydrogens is 319 g/mol. The van der Waals surface area contributed by atoms with Crippen LogP contribution in [0.3, 0.4) is 0 Å². The van der Waals surface area contributed by atoms with Crippen LogP contribution in [0.1, 0.15) is 11.6 Å². The quantitative estimate of drug-likeness (QED) is 0.503. The summed E-state index contributed by atoms with van der Waals surface area (Å²) in [6, 6.07) is -1.26. The zero-order valence-corrected chi connectivity index (χ0v) is 11.6. The monoisotopic (exact) mass is 332 g/mol. The molecule has 9 heteroatoms. The van der Waals surface area contributed by atoms with Gasteiger partial charge in [0, 0.05) is 31.7 Å². The number of piperazine rings is 1. The molecule has 1 fully saturated rings. The summed E-state index contributed by atoms with van der Waals surface area (Å²) >= 11 is 0. The van der Waals surface area contributed by atoms with Gasteiger partial charge in [-0.25, -0.2) is 22.0 Å². The van der Waals surface area contributed by atoms with E-state index in [1.54, 1.807) is 0 Å². The fraction of sp³-hybridized carbons (Fsp3) is 0.500. The normalized spacial score (nSPS) is 17.4. The molecule has 1 aromatic rings. The summed E-state index contributed by atoms with van der Waals surface area (Å²) in [6.45, 7) is 0.950. The van der Waals surface area contributed by atoms with Crippen molar-refractivity contribution in [3.63, 3.8) is 0 Å². The average molecular weight is 333 g/mol. The molecule has 2 N–H and O–H groups in total. The number of nitrogens with zero attached hydrogens (tertiary/aromatic N) is 1. The van der Waals surface area contributed by atoms with Gasteiger partial charge in [0.25, 0.3) is 0 Å². The lowest BCUT2D eigenvalue weighted by atomic mass is 10.0. The third-order valence-electron chi connectivity index (χ3n) is 3.34. The fourth-order valence-electron chi connectivity index (χ4n) is 2.30. The number of rotatable bonds is 3. The molecule has 0 radical (unpaired) electrons. The maximum Gasteiger partial charge on any atom is 0.200 e. The number of nitrogens with one attached hydrogen (secondary N) is 1. The maximum absolute atomic E-state index is 13.7. The molecule has 0 spiro atoms. The van der Waals surface area contributed by atoms with E-state index in [0.717, 1.165) is 0 Å². The first-order valence-electron chi connectivity index (χ1n) is 6.06. The molecule has 0 amide bonds. The first-order valence-corrected chi connectivity index (χ1v) is 6.06. The van der Waals surface area contributed by atoms with E-state index in [0.29, 0.717) is 26.2 Å². The number of aliphatic hydroxyl groups is 1. The van der Waals surface area contributed by atoms with E-state index in [2.05, 4.69) is 5.32 Å². The molecule has 2 rings (SSSR count). The molecule has 0 bridgehead atoms. The van der Waals surface area contributed by atoms with Crippen LogP contribution in [-0.2, 0) is 0 Å². The topological polar surface area (TPSA) is 35.5 Å². The Balaban J connectivity index is 0.00000220. The summed E-state index contributed by atoms with van der Waals surface area (Å²) in [5, 5.41) is 12.3. The van der Waals surface area contributed by atoms with Gasteiger partial charge in [0.2, 0.25) is 5.82 Å². The van der Waals surface area contributed by atoms with Gasteiger partial charge < -0.3 is 10.4 Å². The Kier molecular flexibility index (Phi) is 6.33. The Morgan fingerprint density at radius 2 is 1.33 bits per heavy atom. The lowest BCUT2D eigenvalue weighted by Crippen LogP contribution is -2.46. The van der Waals surface area contributed by atoms with E-state index >= 15 is 0 Å². The summed E-state index contributed by atoms with van der Waals surface area (Å²) in [5.41, 5.74) is -0.981. The second kappa shape index (κ2) is 7.35. The summed E-state index contributed by atoms with van der Waals surface area (Å²) in [7, 11) is 0. The van der Waals surface area contributed by atoms with Gasteiger partial charge in [0.05, 0.1) is 12.6 Å². The molecular formula is C12H14ClF5N2O. The molecule has 0 aliphatic carbocycles. The Labute approximate surface area is 124 Å². The van der Waals surface area contributed by atoms with Gasteiger partial charge >= 0.3 is 0 Å². The Morgan fingerprint density at radius 1 is 0.905 bits per heavy atom. The van der Waals surface area contributed by atoms with Crippen molar-refractivity contribution in [3.05, 3.63) is 34.6 Å². The zero-order chi connectivity index (χ0) is 14.9. The highest BCUT2D eigenvalue weighted by atomic mass is 35.5. The van der Waals surface area contributed by atoms with Crippen LogP contribution in [-0.4, -0.2) is 42.8 Å². The van der Waals surface area contributed by atoms with Crippen LogP contribution in [0.25, 0.3) is 0 Å². The smallest absolute Gasteiger partial charge is 0.200 e. The SMILES string of the molecule is Cl.OC[C@H](c1c(F)c(F)c(F)c(F)c1F)N1CCNCC1. The van der Waals surface area contributed by atoms with Crippen molar-refractivity contribution in [1.82, 2.24) is 10.2 Å². The zero-order valence-electron chi connectivity index (χ0n) is 10.8. The van der Waals surface area contributed by atoms with Gasteiger partial charge in [-0.05, 0) is 0 Å². The van der Waals surface area contributed by atoms with Crippen LogP contribution in [0.15, 0.2) is 0 Å². The molecule has 1 aliphatic rings. The predicted octanol–water partition coefficient (Wildman–Crippen LogP) is 1.74. The van der Waals surface area contributed by atoms with Crippen LogP contribution < -0.4 is 5.32 Å². The molecule has 0 saturated carbocycles. The van der Waals surface area contributed by atoms with Crippen molar-refractivity contribution < 1.29 is 27.1 Å². The summed E-state index contributed by atoms with van der Waals surface area (Å²) in [5.74, 6) is -9.96.